The minimum absolute atomic E-state index is 0.0709. The molecule has 1 aromatic carbocycles. The zero-order valence-corrected chi connectivity index (χ0v) is 11.7. The third kappa shape index (κ3) is 3.85. The number of nitrogens with zero attached hydrogens (tertiary/aromatic N) is 2. The SMILES string of the molecule is CCN1CCOC(COc2cccc(C(N)=NO)c2)C1. The van der Waals surface area contributed by atoms with E-state index >= 15 is 0 Å². The van der Waals surface area contributed by atoms with Crippen LogP contribution >= 0.6 is 0 Å². The van der Waals surface area contributed by atoms with Crippen LogP contribution in [0.2, 0.25) is 0 Å². The van der Waals surface area contributed by atoms with Crippen molar-refractivity contribution >= 4 is 5.84 Å². The van der Waals surface area contributed by atoms with Crippen LogP contribution in [-0.2, 0) is 4.74 Å². The summed E-state index contributed by atoms with van der Waals surface area (Å²) in [6.07, 6.45) is 0.0798. The summed E-state index contributed by atoms with van der Waals surface area (Å²) in [7, 11) is 0. The van der Waals surface area contributed by atoms with Crippen LogP contribution in [-0.4, -0.2) is 54.9 Å². The molecule has 0 radical (unpaired) electrons. The number of likely N-dealkylation sites (N-methyl/N-ethyl adjacent to an activating group) is 1. The van der Waals surface area contributed by atoms with Gasteiger partial charge in [0.05, 0.1) is 6.61 Å². The molecule has 6 heteroatoms. The maximum absolute atomic E-state index is 8.67. The maximum Gasteiger partial charge on any atom is 0.170 e. The van der Waals surface area contributed by atoms with Crippen LogP contribution in [0.15, 0.2) is 29.4 Å². The number of ether oxygens (including phenoxy) is 2. The zero-order chi connectivity index (χ0) is 14.4. The van der Waals surface area contributed by atoms with Crippen molar-refractivity contribution in [3.05, 3.63) is 29.8 Å². The minimum atomic E-state index is 0.0709. The molecule has 20 heavy (non-hydrogen) atoms. The van der Waals surface area contributed by atoms with E-state index in [0.29, 0.717) is 17.9 Å². The van der Waals surface area contributed by atoms with Crippen LogP contribution in [0.1, 0.15) is 12.5 Å². The lowest BCUT2D eigenvalue weighted by Crippen LogP contribution is -2.44. The van der Waals surface area contributed by atoms with Crippen LogP contribution in [0.25, 0.3) is 0 Å². The van der Waals surface area contributed by atoms with Gasteiger partial charge in [-0.1, -0.05) is 24.2 Å². The standard InChI is InChI=1S/C14H21N3O3/c1-2-17-6-7-19-13(9-17)10-20-12-5-3-4-11(8-12)14(15)16-18/h3-5,8,13,18H,2,6-7,9-10H2,1H3,(H2,15,16). The van der Waals surface area contributed by atoms with E-state index in [-0.39, 0.29) is 11.9 Å². The molecule has 6 nitrogen and oxygen atoms in total. The molecule has 1 unspecified atom stereocenters. The molecule has 2 rings (SSSR count). The fourth-order valence-corrected chi connectivity index (χ4v) is 2.16. The van der Waals surface area contributed by atoms with E-state index in [0.717, 1.165) is 26.2 Å². The lowest BCUT2D eigenvalue weighted by Gasteiger charge is -2.31. The van der Waals surface area contributed by atoms with Crippen molar-refractivity contribution in [3.8, 4) is 5.75 Å². The number of rotatable bonds is 5. The number of benzene rings is 1. The molecule has 0 saturated carbocycles. The largest absolute Gasteiger partial charge is 0.491 e. The Balaban J connectivity index is 1.90. The molecule has 110 valence electrons. The predicted octanol–water partition coefficient (Wildman–Crippen LogP) is 0.881. The van der Waals surface area contributed by atoms with E-state index in [9.17, 15) is 0 Å². The van der Waals surface area contributed by atoms with Crippen molar-refractivity contribution in [2.45, 2.75) is 13.0 Å². The number of morpholine rings is 1. The van der Waals surface area contributed by atoms with Crippen LogP contribution in [0.5, 0.6) is 5.75 Å². The Labute approximate surface area is 118 Å². The normalized spacial score (nSPS) is 20.9. The molecule has 0 spiro atoms. The van der Waals surface area contributed by atoms with Gasteiger partial charge in [-0.3, -0.25) is 4.90 Å². The van der Waals surface area contributed by atoms with Gasteiger partial charge in [-0.25, -0.2) is 0 Å². The molecule has 1 aliphatic rings. The topological polar surface area (TPSA) is 80.3 Å². The van der Waals surface area contributed by atoms with Crippen LogP contribution in [0, 0.1) is 0 Å². The highest BCUT2D eigenvalue weighted by atomic mass is 16.5. The van der Waals surface area contributed by atoms with Gasteiger partial charge in [0.25, 0.3) is 0 Å². The number of amidine groups is 1. The molecule has 0 amide bonds. The number of hydrogen-bond donors (Lipinski definition) is 2. The molecular weight excluding hydrogens is 258 g/mol. The van der Waals surface area contributed by atoms with Gasteiger partial charge in [-0.15, -0.1) is 0 Å². The van der Waals surface area contributed by atoms with Crippen molar-refractivity contribution in [1.82, 2.24) is 4.90 Å². The summed E-state index contributed by atoms with van der Waals surface area (Å²) in [6, 6.07) is 7.16. The zero-order valence-electron chi connectivity index (χ0n) is 11.7. The summed E-state index contributed by atoms with van der Waals surface area (Å²) >= 11 is 0. The first-order valence-electron chi connectivity index (χ1n) is 6.77. The van der Waals surface area contributed by atoms with Crippen molar-refractivity contribution in [3.63, 3.8) is 0 Å². The van der Waals surface area contributed by atoms with E-state index in [2.05, 4.69) is 17.0 Å². The average molecular weight is 279 g/mol. The monoisotopic (exact) mass is 279 g/mol. The van der Waals surface area contributed by atoms with Gasteiger partial charge in [0.1, 0.15) is 18.5 Å². The molecule has 1 saturated heterocycles. The Bertz CT molecular complexity index is 465. The minimum Gasteiger partial charge on any atom is -0.491 e. The molecule has 0 aliphatic carbocycles. The van der Waals surface area contributed by atoms with Crippen LogP contribution < -0.4 is 10.5 Å². The molecule has 1 aliphatic heterocycles. The van der Waals surface area contributed by atoms with Gasteiger partial charge in [0.2, 0.25) is 0 Å². The Hall–Kier alpha value is -1.79. The fraction of sp³-hybridized carbons (Fsp3) is 0.500. The lowest BCUT2D eigenvalue weighted by atomic mass is 10.2. The van der Waals surface area contributed by atoms with Gasteiger partial charge in [0, 0.05) is 18.7 Å². The summed E-state index contributed by atoms with van der Waals surface area (Å²) in [5.41, 5.74) is 6.18. The van der Waals surface area contributed by atoms with Crippen molar-refractivity contribution in [2.75, 3.05) is 32.8 Å². The van der Waals surface area contributed by atoms with Crippen molar-refractivity contribution in [1.29, 1.82) is 0 Å². The number of oxime groups is 1. The lowest BCUT2D eigenvalue weighted by molar-refractivity contribution is -0.0464. The second kappa shape index (κ2) is 7.12. The molecule has 0 aromatic heterocycles. The average Bonchev–Trinajstić information content (AvgIpc) is 2.52. The van der Waals surface area contributed by atoms with E-state index < -0.39 is 0 Å². The molecule has 1 atom stereocenters. The summed E-state index contributed by atoms with van der Waals surface area (Å²) in [5.74, 6) is 0.757. The predicted molar refractivity (Wildman–Crippen MR) is 76.3 cm³/mol. The molecule has 1 heterocycles. The molecule has 1 aromatic rings. The Morgan fingerprint density at radius 3 is 3.20 bits per heavy atom. The smallest absolute Gasteiger partial charge is 0.170 e. The molecule has 1 fully saturated rings. The van der Waals surface area contributed by atoms with E-state index in [1.165, 1.54) is 0 Å². The molecule has 3 N–H and O–H groups in total. The van der Waals surface area contributed by atoms with E-state index in [4.69, 9.17) is 20.4 Å². The van der Waals surface area contributed by atoms with Gasteiger partial charge in [-0.05, 0) is 18.7 Å². The first-order chi connectivity index (χ1) is 9.72. The van der Waals surface area contributed by atoms with Crippen molar-refractivity contribution in [2.24, 2.45) is 10.9 Å². The summed E-state index contributed by atoms with van der Waals surface area (Å²) in [5, 5.41) is 11.6. The Kier molecular flexibility index (Phi) is 5.20. The highest BCUT2D eigenvalue weighted by Gasteiger charge is 2.19. The second-order valence-electron chi connectivity index (χ2n) is 4.71. The maximum atomic E-state index is 8.67. The Morgan fingerprint density at radius 2 is 2.45 bits per heavy atom. The van der Waals surface area contributed by atoms with Gasteiger partial charge < -0.3 is 20.4 Å². The first-order valence-corrected chi connectivity index (χ1v) is 6.77. The third-order valence-electron chi connectivity index (χ3n) is 3.34. The third-order valence-corrected chi connectivity index (χ3v) is 3.34. The van der Waals surface area contributed by atoms with E-state index in [1.807, 2.05) is 12.1 Å². The second-order valence-corrected chi connectivity index (χ2v) is 4.71. The van der Waals surface area contributed by atoms with Crippen LogP contribution in [0.4, 0.5) is 0 Å². The Morgan fingerprint density at radius 1 is 1.60 bits per heavy atom. The summed E-state index contributed by atoms with van der Waals surface area (Å²) in [4.78, 5) is 2.34. The van der Waals surface area contributed by atoms with Crippen LogP contribution in [0.3, 0.4) is 0 Å². The van der Waals surface area contributed by atoms with Crippen molar-refractivity contribution < 1.29 is 14.7 Å². The van der Waals surface area contributed by atoms with Gasteiger partial charge in [0.15, 0.2) is 5.84 Å². The first kappa shape index (κ1) is 14.6. The highest BCUT2D eigenvalue weighted by Crippen LogP contribution is 2.15. The fourth-order valence-electron chi connectivity index (χ4n) is 2.16. The molecular formula is C14H21N3O3. The van der Waals surface area contributed by atoms with E-state index in [1.54, 1.807) is 12.1 Å². The molecule has 0 bridgehead atoms. The number of nitrogens with two attached hydrogens (primary N) is 1. The highest BCUT2D eigenvalue weighted by molar-refractivity contribution is 5.97. The number of hydrogen-bond acceptors (Lipinski definition) is 5. The summed E-state index contributed by atoms with van der Waals surface area (Å²) < 4.78 is 11.4. The van der Waals surface area contributed by atoms with Gasteiger partial charge in [-0.2, -0.15) is 0 Å². The quantitative estimate of drug-likeness (QED) is 0.362. The van der Waals surface area contributed by atoms with Gasteiger partial charge >= 0.3 is 0 Å². The summed E-state index contributed by atoms with van der Waals surface area (Å²) in [6.45, 7) is 6.27.